The van der Waals surface area contributed by atoms with E-state index in [4.69, 9.17) is 9.47 Å². The van der Waals surface area contributed by atoms with Crippen molar-refractivity contribution >= 4 is 5.97 Å². The van der Waals surface area contributed by atoms with E-state index in [-0.39, 0.29) is 11.4 Å². The van der Waals surface area contributed by atoms with Crippen LogP contribution in [0.25, 0.3) is 0 Å². The van der Waals surface area contributed by atoms with Gasteiger partial charge in [-0.3, -0.25) is 0 Å². The Bertz CT molecular complexity index is 229. The fraction of sp³-hybridized carbons (Fsp3) is 0.750. The van der Waals surface area contributed by atoms with E-state index < -0.39 is 0 Å². The van der Waals surface area contributed by atoms with Gasteiger partial charge in [0.05, 0.1) is 19.8 Å². The van der Waals surface area contributed by atoms with Gasteiger partial charge in [0, 0.05) is 11.5 Å². The Morgan fingerprint density at radius 3 is 2.67 bits per heavy atom. The third kappa shape index (κ3) is 3.67. The van der Waals surface area contributed by atoms with E-state index in [1.807, 2.05) is 0 Å². The predicted octanol–water partition coefficient (Wildman–Crippen LogP) is 2.17. The van der Waals surface area contributed by atoms with Crippen molar-refractivity contribution in [2.45, 2.75) is 26.7 Å². The third-order valence-electron chi connectivity index (χ3n) is 2.70. The number of carbonyl (C=O) groups is 1. The lowest BCUT2D eigenvalue weighted by Gasteiger charge is -2.42. The molecule has 0 spiro atoms. The molecule has 0 amide bonds. The van der Waals surface area contributed by atoms with E-state index in [0.717, 1.165) is 26.1 Å². The maximum Gasteiger partial charge on any atom is 0.330 e. The Labute approximate surface area is 91.4 Å². The molecule has 0 saturated carbocycles. The van der Waals surface area contributed by atoms with Crippen LogP contribution >= 0.6 is 0 Å². The van der Waals surface area contributed by atoms with E-state index >= 15 is 0 Å². The van der Waals surface area contributed by atoms with Crippen LogP contribution < -0.4 is 0 Å². The normalized spacial score (nSPS) is 18.3. The van der Waals surface area contributed by atoms with Crippen LogP contribution in [0.2, 0.25) is 0 Å². The highest BCUT2D eigenvalue weighted by atomic mass is 16.5. The third-order valence-corrected chi connectivity index (χ3v) is 2.70. The topological polar surface area (TPSA) is 35.5 Å². The van der Waals surface area contributed by atoms with Crippen molar-refractivity contribution in [1.29, 1.82) is 0 Å². The molecule has 0 aliphatic carbocycles. The first kappa shape index (κ1) is 12.2. The predicted molar refractivity (Wildman–Crippen MR) is 58.5 cm³/mol. The molecule has 15 heavy (non-hydrogen) atoms. The summed E-state index contributed by atoms with van der Waals surface area (Å²) in [4.78, 5) is 10.9. The Kier molecular flexibility index (Phi) is 4.33. The van der Waals surface area contributed by atoms with Gasteiger partial charge in [-0.15, -0.1) is 0 Å². The maximum absolute atomic E-state index is 10.9. The molecule has 1 aliphatic heterocycles. The van der Waals surface area contributed by atoms with Crippen LogP contribution in [0.5, 0.6) is 0 Å². The molecule has 1 heterocycles. The van der Waals surface area contributed by atoms with E-state index in [9.17, 15) is 4.79 Å². The largest absolute Gasteiger partial charge is 0.463 e. The summed E-state index contributed by atoms with van der Waals surface area (Å²) in [6, 6.07) is 0. The molecule has 0 N–H and O–H groups in total. The molecular weight excluding hydrogens is 192 g/mol. The summed E-state index contributed by atoms with van der Waals surface area (Å²) in [5, 5.41) is 0. The molecule has 0 atom stereocenters. The molecule has 1 rings (SSSR count). The molecule has 0 aromatic heterocycles. The van der Waals surface area contributed by atoms with Crippen molar-refractivity contribution in [3.63, 3.8) is 0 Å². The van der Waals surface area contributed by atoms with E-state index in [2.05, 4.69) is 20.4 Å². The highest BCUT2D eigenvalue weighted by Crippen LogP contribution is 2.37. The number of hydrogen-bond donors (Lipinski definition) is 0. The minimum absolute atomic E-state index is 0.246. The lowest BCUT2D eigenvalue weighted by molar-refractivity contribution is -0.149. The SMILES string of the molecule is C=CC(=O)OCCC1(CC(C)C)COC1. The maximum atomic E-state index is 10.9. The summed E-state index contributed by atoms with van der Waals surface area (Å²) >= 11 is 0. The van der Waals surface area contributed by atoms with Gasteiger partial charge in [-0.25, -0.2) is 4.79 Å². The van der Waals surface area contributed by atoms with Crippen molar-refractivity contribution in [1.82, 2.24) is 0 Å². The smallest absolute Gasteiger partial charge is 0.330 e. The van der Waals surface area contributed by atoms with Gasteiger partial charge in [0.1, 0.15) is 0 Å². The molecule has 1 saturated heterocycles. The minimum Gasteiger partial charge on any atom is -0.463 e. The fourth-order valence-electron chi connectivity index (χ4n) is 2.05. The summed E-state index contributed by atoms with van der Waals surface area (Å²) in [5.41, 5.74) is 0.246. The van der Waals surface area contributed by atoms with Crippen LogP contribution in [-0.2, 0) is 14.3 Å². The zero-order valence-corrected chi connectivity index (χ0v) is 9.62. The highest BCUT2D eigenvalue weighted by Gasteiger charge is 2.38. The van der Waals surface area contributed by atoms with Crippen molar-refractivity contribution in [3.8, 4) is 0 Å². The summed E-state index contributed by atoms with van der Waals surface area (Å²) in [6.45, 7) is 9.85. The Balaban J connectivity index is 2.27. The lowest BCUT2D eigenvalue weighted by Crippen LogP contribution is -2.44. The van der Waals surface area contributed by atoms with Crippen LogP contribution in [-0.4, -0.2) is 25.8 Å². The molecule has 0 radical (unpaired) electrons. The molecule has 3 nitrogen and oxygen atoms in total. The first-order valence-electron chi connectivity index (χ1n) is 5.45. The zero-order valence-electron chi connectivity index (χ0n) is 9.62. The Morgan fingerprint density at radius 2 is 2.27 bits per heavy atom. The fourth-order valence-corrected chi connectivity index (χ4v) is 2.05. The lowest BCUT2D eigenvalue weighted by atomic mass is 9.76. The van der Waals surface area contributed by atoms with Gasteiger partial charge in [0.15, 0.2) is 0 Å². The molecular formula is C12H20O3. The summed E-state index contributed by atoms with van der Waals surface area (Å²) in [7, 11) is 0. The van der Waals surface area contributed by atoms with Crippen LogP contribution in [0.1, 0.15) is 26.7 Å². The van der Waals surface area contributed by atoms with Crippen LogP contribution in [0.3, 0.4) is 0 Å². The number of hydrogen-bond acceptors (Lipinski definition) is 3. The van der Waals surface area contributed by atoms with E-state index in [1.54, 1.807) is 0 Å². The quantitative estimate of drug-likeness (QED) is 0.500. The standard InChI is InChI=1S/C12H20O3/c1-4-11(13)15-6-5-12(7-10(2)3)8-14-9-12/h4,10H,1,5-9H2,2-3H3. The average Bonchev–Trinajstić information content (AvgIpc) is 2.12. The van der Waals surface area contributed by atoms with Gasteiger partial charge in [-0.2, -0.15) is 0 Å². The van der Waals surface area contributed by atoms with Crippen LogP contribution in [0.15, 0.2) is 12.7 Å². The second kappa shape index (κ2) is 5.31. The number of carbonyl (C=O) groups excluding carboxylic acids is 1. The first-order valence-corrected chi connectivity index (χ1v) is 5.45. The zero-order chi connectivity index (χ0) is 11.3. The second-order valence-electron chi connectivity index (χ2n) is 4.71. The average molecular weight is 212 g/mol. The Hall–Kier alpha value is -0.830. The van der Waals surface area contributed by atoms with E-state index in [1.165, 1.54) is 6.08 Å². The summed E-state index contributed by atoms with van der Waals surface area (Å²) in [5.74, 6) is 0.318. The van der Waals surface area contributed by atoms with Crippen LogP contribution in [0.4, 0.5) is 0 Å². The van der Waals surface area contributed by atoms with Gasteiger partial charge in [0.2, 0.25) is 0 Å². The van der Waals surface area contributed by atoms with Gasteiger partial charge in [0.25, 0.3) is 0 Å². The van der Waals surface area contributed by atoms with Crippen molar-refractivity contribution in [2.24, 2.45) is 11.3 Å². The molecule has 3 heteroatoms. The monoisotopic (exact) mass is 212 g/mol. The van der Waals surface area contributed by atoms with Crippen molar-refractivity contribution < 1.29 is 14.3 Å². The number of ether oxygens (including phenoxy) is 2. The van der Waals surface area contributed by atoms with Crippen molar-refractivity contribution in [3.05, 3.63) is 12.7 Å². The molecule has 1 fully saturated rings. The number of rotatable bonds is 6. The van der Waals surface area contributed by atoms with E-state index in [0.29, 0.717) is 12.5 Å². The van der Waals surface area contributed by atoms with Gasteiger partial charge < -0.3 is 9.47 Å². The molecule has 0 unspecified atom stereocenters. The molecule has 1 aliphatic rings. The van der Waals surface area contributed by atoms with Gasteiger partial charge in [-0.05, 0) is 18.8 Å². The molecule has 0 bridgehead atoms. The second-order valence-corrected chi connectivity index (χ2v) is 4.71. The van der Waals surface area contributed by atoms with Crippen molar-refractivity contribution in [2.75, 3.05) is 19.8 Å². The Morgan fingerprint density at radius 1 is 1.60 bits per heavy atom. The summed E-state index contributed by atoms with van der Waals surface area (Å²) in [6.07, 6.45) is 3.23. The van der Waals surface area contributed by atoms with Gasteiger partial charge in [-0.1, -0.05) is 20.4 Å². The minimum atomic E-state index is -0.338. The first-order chi connectivity index (χ1) is 7.08. The molecule has 86 valence electrons. The molecule has 0 aromatic carbocycles. The number of esters is 1. The van der Waals surface area contributed by atoms with Crippen LogP contribution in [0, 0.1) is 11.3 Å². The molecule has 0 aromatic rings. The van der Waals surface area contributed by atoms with Gasteiger partial charge >= 0.3 is 5.97 Å². The highest BCUT2D eigenvalue weighted by molar-refractivity contribution is 5.81. The summed E-state index contributed by atoms with van der Waals surface area (Å²) < 4.78 is 10.3.